The number of hydrogen-bond donors (Lipinski definition) is 3. The molecule has 10 heteroatoms. The van der Waals surface area contributed by atoms with E-state index in [1.807, 2.05) is 12.1 Å². The number of halogens is 4. The number of benzene rings is 1. The van der Waals surface area contributed by atoms with Crippen LogP contribution < -0.4 is 5.32 Å². The molecule has 3 N–H and O–H groups in total. The van der Waals surface area contributed by atoms with Crippen LogP contribution in [0.25, 0.3) is 21.8 Å². The van der Waals surface area contributed by atoms with Crippen molar-refractivity contribution in [2.45, 2.75) is 13.1 Å². The van der Waals surface area contributed by atoms with E-state index in [9.17, 15) is 18.0 Å². The molecule has 3 aromatic rings. The van der Waals surface area contributed by atoms with Crippen LogP contribution in [-0.2, 0) is 9.59 Å². The smallest absolute Gasteiger partial charge is 0.475 e. The monoisotopic (exact) mass is 373 g/mol. The van der Waals surface area contributed by atoms with Crippen LogP contribution >= 0.6 is 11.6 Å². The Bertz CT molecular complexity index is 953. The predicted octanol–water partition coefficient (Wildman–Crippen LogP) is 3.96. The Morgan fingerprint density at radius 3 is 2.48 bits per heavy atom. The topological polar surface area (TPSA) is 95.1 Å². The molecular weight excluding hydrogens is 363 g/mol. The number of carboxylic acid groups (broad SMARTS) is 1. The SMILES string of the molecule is CC(=O)Nc1cc(Cl)cc2c1[nH]c1cnccc12.O=C(O)C(F)(F)F. The number of pyridine rings is 1. The number of carboxylic acids is 1. The van der Waals surface area contributed by atoms with E-state index in [1.165, 1.54) is 6.92 Å². The first-order valence-corrected chi connectivity index (χ1v) is 7.10. The largest absolute Gasteiger partial charge is 0.490 e. The van der Waals surface area contributed by atoms with Crippen LogP contribution in [-0.4, -0.2) is 33.1 Å². The van der Waals surface area contributed by atoms with E-state index < -0.39 is 12.1 Å². The molecule has 0 aliphatic carbocycles. The van der Waals surface area contributed by atoms with E-state index in [4.69, 9.17) is 21.5 Å². The van der Waals surface area contributed by atoms with Gasteiger partial charge in [-0.15, -0.1) is 0 Å². The molecule has 3 rings (SSSR count). The minimum Gasteiger partial charge on any atom is -0.475 e. The van der Waals surface area contributed by atoms with Crippen molar-refractivity contribution in [1.29, 1.82) is 0 Å². The first-order valence-electron chi connectivity index (χ1n) is 6.72. The quantitative estimate of drug-likeness (QED) is 0.601. The number of aromatic amines is 1. The zero-order valence-electron chi connectivity index (χ0n) is 12.6. The van der Waals surface area contributed by atoms with Gasteiger partial charge >= 0.3 is 12.1 Å². The number of rotatable bonds is 1. The lowest BCUT2D eigenvalue weighted by Crippen LogP contribution is -2.21. The standard InChI is InChI=1S/C13H10ClN3O.C2HF3O2/c1-7(18)16-11-5-8(14)4-10-9-2-3-15-6-12(9)17-13(10)11;3-2(4,5)1(6)7/h2-6,17H,1H3,(H,16,18);(H,6,7). The van der Waals surface area contributed by atoms with E-state index in [0.717, 1.165) is 21.8 Å². The first-order chi connectivity index (χ1) is 11.6. The Hall–Kier alpha value is -2.81. The lowest BCUT2D eigenvalue weighted by molar-refractivity contribution is -0.192. The summed E-state index contributed by atoms with van der Waals surface area (Å²) in [4.78, 5) is 27.4. The van der Waals surface area contributed by atoms with Gasteiger partial charge in [0.05, 0.1) is 22.9 Å². The minimum absolute atomic E-state index is 0.129. The number of carbonyl (C=O) groups excluding carboxylic acids is 1. The minimum atomic E-state index is -5.08. The maximum atomic E-state index is 11.2. The van der Waals surface area contributed by atoms with Crippen LogP contribution in [0.2, 0.25) is 5.02 Å². The molecule has 2 aromatic heterocycles. The molecule has 0 spiro atoms. The van der Waals surface area contributed by atoms with Crippen molar-refractivity contribution in [2.75, 3.05) is 5.32 Å². The van der Waals surface area contributed by atoms with Crippen LogP contribution in [0.1, 0.15) is 6.92 Å². The lowest BCUT2D eigenvalue weighted by atomic mass is 10.1. The molecule has 0 unspecified atom stereocenters. The molecule has 0 bridgehead atoms. The molecule has 0 saturated heterocycles. The van der Waals surface area contributed by atoms with Crippen molar-refractivity contribution in [1.82, 2.24) is 9.97 Å². The molecule has 2 heterocycles. The van der Waals surface area contributed by atoms with Gasteiger partial charge in [-0.05, 0) is 18.2 Å². The van der Waals surface area contributed by atoms with Gasteiger partial charge < -0.3 is 15.4 Å². The van der Waals surface area contributed by atoms with Crippen LogP contribution in [0.5, 0.6) is 0 Å². The van der Waals surface area contributed by atoms with Crippen LogP contribution in [0, 0.1) is 0 Å². The highest BCUT2D eigenvalue weighted by Gasteiger charge is 2.38. The van der Waals surface area contributed by atoms with Gasteiger partial charge in [0, 0.05) is 28.9 Å². The fourth-order valence-corrected chi connectivity index (χ4v) is 2.32. The van der Waals surface area contributed by atoms with Gasteiger partial charge in [-0.25, -0.2) is 4.79 Å². The second kappa shape index (κ2) is 6.98. The summed E-state index contributed by atoms with van der Waals surface area (Å²) in [7, 11) is 0. The van der Waals surface area contributed by atoms with E-state index in [1.54, 1.807) is 18.5 Å². The highest BCUT2D eigenvalue weighted by Crippen LogP contribution is 2.32. The van der Waals surface area contributed by atoms with Crippen molar-refractivity contribution in [2.24, 2.45) is 0 Å². The zero-order valence-corrected chi connectivity index (χ0v) is 13.4. The maximum Gasteiger partial charge on any atom is 0.490 e. The summed E-state index contributed by atoms with van der Waals surface area (Å²) < 4.78 is 31.7. The van der Waals surface area contributed by atoms with Crippen LogP contribution in [0.15, 0.2) is 30.6 Å². The number of carbonyl (C=O) groups is 2. The number of hydrogen-bond acceptors (Lipinski definition) is 3. The molecule has 25 heavy (non-hydrogen) atoms. The number of nitrogens with zero attached hydrogens (tertiary/aromatic N) is 1. The zero-order chi connectivity index (χ0) is 18.8. The van der Waals surface area contributed by atoms with E-state index in [-0.39, 0.29) is 5.91 Å². The maximum absolute atomic E-state index is 11.2. The molecule has 0 fully saturated rings. The number of amides is 1. The van der Waals surface area contributed by atoms with Crippen molar-refractivity contribution in [3.8, 4) is 0 Å². The Labute approximate surface area is 143 Å². The third-order valence-electron chi connectivity index (χ3n) is 3.03. The van der Waals surface area contributed by atoms with Crippen molar-refractivity contribution in [3.05, 3.63) is 35.6 Å². The Kier molecular flexibility index (Phi) is 5.17. The van der Waals surface area contributed by atoms with Gasteiger partial charge in [-0.2, -0.15) is 13.2 Å². The number of fused-ring (bicyclic) bond motifs is 3. The van der Waals surface area contributed by atoms with Crippen molar-refractivity contribution < 1.29 is 27.9 Å². The highest BCUT2D eigenvalue weighted by molar-refractivity contribution is 6.32. The average Bonchev–Trinajstić information content (AvgIpc) is 2.85. The highest BCUT2D eigenvalue weighted by atomic mass is 35.5. The Morgan fingerprint density at radius 1 is 1.28 bits per heavy atom. The molecule has 1 aromatic carbocycles. The molecule has 0 atom stereocenters. The molecule has 1 amide bonds. The van der Waals surface area contributed by atoms with E-state index in [0.29, 0.717) is 10.7 Å². The van der Waals surface area contributed by atoms with Gasteiger partial charge in [0.25, 0.3) is 0 Å². The molecule has 0 aliphatic rings. The molecule has 132 valence electrons. The first kappa shape index (κ1) is 18.5. The molecule has 0 radical (unpaired) electrons. The lowest BCUT2D eigenvalue weighted by Gasteiger charge is -2.04. The van der Waals surface area contributed by atoms with E-state index >= 15 is 0 Å². The summed E-state index contributed by atoms with van der Waals surface area (Å²) in [5.41, 5.74) is 2.46. The summed E-state index contributed by atoms with van der Waals surface area (Å²) in [6.45, 7) is 1.47. The predicted molar refractivity (Wildman–Crippen MR) is 86.6 cm³/mol. The number of aliphatic carboxylic acids is 1. The fourth-order valence-electron chi connectivity index (χ4n) is 2.11. The number of nitrogens with one attached hydrogen (secondary N) is 2. The van der Waals surface area contributed by atoms with Gasteiger partial charge in [-0.3, -0.25) is 9.78 Å². The second-order valence-electron chi connectivity index (χ2n) is 4.91. The third kappa shape index (κ3) is 4.38. The third-order valence-corrected chi connectivity index (χ3v) is 3.25. The van der Waals surface area contributed by atoms with Gasteiger partial charge in [0.15, 0.2) is 0 Å². The summed E-state index contributed by atoms with van der Waals surface area (Å²) in [6.07, 6.45) is -1.60. The van der Waals surface area contributed by atoms with Gasteiger partial charge in [0.1, 0.15) is 0 Å². The van der Waals surface area contributed by atoms with Crippen LogP contribution in [0.3, 0.4) is 0 Å². The second-order valence-corrected chi connectivity index (χ2v) is 5.34. The summed E-state index contributed by atoms with van der Waals surface area (Å²) in [5, 5.41) is 12.5. The molecule has 0 saturated carbocycles. The van der Waals surface area contributed by atoms with Gasteiger partial charge in [-0.1, -0.05) is 11.6 Å². The Balaban J connectivity index is 0.000000277. The number of aromatic nitrogens is 2. The summed E-state index contributed by atoms with van der Waals surface area (Å²) in [5.74, 6) is -2.89. The molecule has 6 nitrogen and oxygen atoms in total. The van der Waals surface area contributed by atoms with Crippen molar-refractivity contribution in [3.63, 3.8) is 0 Å². The number of anilines is 1. The summed E-state index contributed by atoms with van der Waals surface area (Å²) in [6, 6.07) is 5.52. The van der Waals surface area contributed by atoms with Crippen LogP contribution in [0.4, 0.5) is 18.9 Å². The fraction of sp³-hybridized carbons (Fsp3) is 0.133. The Morgan fingerprint density at radius 2 is 1.92 bits per heavy atom. The molecular formula is C15H11ClF3N3O3. The number of H-pyrrole nitrogens is 1. The molecule has 0 aliphatic heterocycles. The van der Waals surface area contributed by atoms with Gasteiger partial charge in [0.2, 0.25) is 5.91 Å². The summed E-state index contributed by atoms with van der Waals surface area (Å²) >= 11 is 6.08. The van der Waals surface area contributed by atoms with E-state index in [2.05, 4.69) is 15.3 Å². The number of alkyl halides is 3. The van der Waals surface area contributed by atoms with Crippen molar-refractivity contribution >= 4 is 51.0 Å². The average molecular weight is 374 g/mol. The normalized spacial score (nSPS) is 11.1.